The van der Waals surface area contributed by atoms with Crippen LogP contribution in [0.4, 0.5) is 0 Å². The molecule has 1 aliphatic rings. The second-order valence-corrected chi connectivity index (χ2v) is 6.96. The van der Waals surface area contributed by atoms with Gasteiger partial charge in [0.25, 0.3) is 0 Å². The summed E-state index contributed by atoms with van der Waals surface area (Å²) in [6.07, 6.45) is 10.8. The lowest BCUT2D eigenvalue weighted by atomic mass is 9.75. The molecule has 0 heterocycles. The van der Waals surface area contributed by atoms with Gasteiger partial charge in [0.1, 0.15) is 5.76 Å². The molecule has 0 amide bonds. The Morgan fingerprint density at radius 1 is 1.33 bits per heavy atom. The van der Waals surface area contributed by atoms with Crippen molar-refractivity contribution in [1.29, 1.82) is 0 Å². The minimum Gasteiger partial charge on any atom is -0.491 e. The van der Waals surface area contributed by atoms with E-state index in [-0.39, 0.29) is 6.10 Å². The quantitative estimate of drug-likeness (QED) is 0.640. The summed E-state index contributed by atoms with van der Waals surface area (Å²) in [6, 6.07) is 0. The molecule has 0 aromatic rings. The van der Waals surface area contributed by atoms with Crippen LogP contribution < -0.4 is 0 Å². The minimum atomic E-state index is 0.272. The van der Waals surface area contributed by atoms with Gasteiger partial charge in [-0.05, 0) is 56.1 Å². The van der Waals surface area contributed by atoms with Crippen LogP contribution in [0.25, 0.3) is 0 Å². The fourth-order valence-corrected chi connectivity index (χ4v) is 2.71. The first-order chi connectivity index (χ1) is 8.31. The van der Waals surface area contributed by atoms with Gasteiger partial charge in [0.05, 0.1) is 6.10 Å². The predicted molar refractivity (Wildman–Crippen MR) is 79.4 cm³/mol. The molecule has 1 aliphatic carbocycles. The summed E-state index contributed by atoms with van der Waals surface area (Å²) < 4.78 is 5.73. The third-order valence-electron chi connectivity index (χ3n) is 3.48. The number of rotatable bonds is 5. The predicted octanol–water partition coefficient (Wildman–Crippen LogP) is 5.33. The second kappa shape index (κ2) is 6.45. The summed E-state index contributed by atoms with van der Waals surface area (Å²) in [5.74, 6) is 2.53. The van der Waals surface area contributed by atoms with E-state index in [9.17, 15) is 0 Å². The first-order valence-electron chi connectivity index (χ1n) is 7.37. The van der Waals surface area contributed by atoms with Crippen LogP contribution >= 0.6 is 0 Å². The first-order valence-corrected chi connectivity index (χ1v) is 7.37. The standard InChI is InChI=1S/C17H30O/c1-7-14(12-17(4,5)6)15-8-10-16(11-9-15)18-13(2)3/h8,10-11,13-15H,7,9,12H2,1-6H3. The maximum absolute atomic E-state index is 5.73. The molecule has 1 heteroatoms. The molecule has 1 rings (SSSR count). The summed E-state index contributed by atoms with van der Waals surface area (Å²) in [7, 11) is 0. The van der Waals surface area contributed by atoms with Crippen LogP contribution in [0.5, 0.6) is 0 Å². The Labute approximate surface area is 113 Å². The average Bonchev–Trinajstić information content (AvgIpc) is 2.25. The fraction of sp³-hybridized carbons (Fsp3) is 0.765. The Morgan fingerprint density at radius 2 is 2.00 bits per heavy atom. The Kier molecular flexibility index (Phi) is 5.49. The van der Waals surface area contributed by atoms with Crippen LogP contribution in [0.1, 0.15) is 60.8 Å². The Hall–Kier alpha value is -0.720. The highest BCUT2D eigenvalue weighted by atomic mass is 16.5. The number of ether oxygens (including phenoxy) is 1. The molecule has 18 heavy (non-hydrogen) atoms. The van der Waals surface area contributed by atoms with Crippen molar-refractivity contribution >= 4 is 0 Å². The van der Waals surface area contributed by atoms with Crippen LogP contribution in [0.2, 0.25) is 0 Å². The van der Waals surface area contributed by atoms with Gasteiger partial charge in [-0.1, -0.05) is 40.2 Å². The monoisotopic (exact) mass is 250 g/mol. The van der Waals surface area contributed by atoms with E-state index in [2.05, 4.69) is 59.8 Å². The van der Waals surface area contributed by atoms with Gasteiger partial charge in [0.15, 0.2) is 0 Å². The van der Waals surface area contributed by atoms with Crippen molar-refractivity contribution in [2.24, 2.45) is 17.3 Å². The molecule has 2 atom stereocenters. The van der Waals surface area contributed by atoms with Crippen LogP contribution in [0.3, 0.4) is 0 Å². The third-order valence-corrected chi connectivity index (χ3v) is 3.48. The lowest BCUT2D eigenvalue weighted by Crippen LogP contribution is -2.20. The molecule has 104 valence electrons. The smallest absolute Gasteiger partial charge is 0.115 e. The number of hydrogen-bond acceptors (Lipinski definition) is 1. The van der Waals surface area contributed by atoms with Crippen LogP contribution in [-0.4, -0.2) is 6.10 Å². The third kappa shape index (κ3) is 5.29. The van der Waals surface area contributed by atoms with Crippen molar-refractivity contribution in [3.8, 4) is 0 Å². The first kappa shape index (κ1) is 15.3. The zero-order valence-electron chi connectivity index (χ0n) is 13.0. The van der Waals surface area contributed by atoms with E-state index in [0.717, 1.165) is 18.1 Å². The van der Waals surface area contributed by atoms with Crippen molar-refractivity contribution < 1.29 is 4.74 Å². The summed E-state index contributed by atoms with van der Waals surface area (Å²) in [5, 5.41) is 0. The minimum absolute atomic E-state index is 0.272. The summed E-state index contributed by atoms with van der Waals surface area (Å²) in [4.78, 5) is 0. The number of hydrogen-bond donors (Lipinski definition) is 0. The van der Waals surface area contributed by atoms with Crippen LogP contribution in [-0.2, 0) is 4.74 Å². The maximum Gasteiger partial charge on any atom is 0.115 e. The molecular formula is C17H30O. The van der Waals surface area contributed by atoms with Crippen molar-refractivity contribution in [3.63, 3.8) is 0 Å². The van der Waals surface area contributed by atoms with E-state index < -0.39 is 0 Å². The largest absolute Gasteiger partial charge is 0.491 e. The Bertz CT molecular complexity index is 304. The molecule has 0 radical (unpaired) electrons. The van der Waals surface area contributed by atoms with Crippen molar-refractivity contribution in [1.82, 2.24) is 0 Å². The van der Waals surface area contributed by atoms with E-state index >= 15 is 0 Å². The van der Waals surface area contributed by atoms with E-state index in [1.54, 1.807) is 0 Å². The molecule has 0 fully saturated rings. The van der Waals surface area contributed by atoms with E-state index in [4.69, 9.17) is 4.74 Å². The van der Waals surface area contributed by atoms with E-state index in [0.29, 0.717) is 11.3 Å². The Morgan fingerprint density at radius 3 is 2.39 bits per heavy atom. The maximum atomic E-state index is 5.73. The zero-order valence-corrected chi connectivity index (χ0v) is 13.0. The van der Waals surface area contributed by atoms with Gasteiger partial charge in [-0.25, -0.2) is 0 Å². The van der Waals surface area contributed by atoms with Gasteiger partial charge in [-0.15, -0.1) is 0 Å². The molecule has 0 N–H and O–H groups in total. The van der Waals surface area contributed by atoms with Crippen molar-refractivity contribution in [3.05, 3.63) is 24.0 Å². The van der Waals surface area contributed by atoms with Crippen LogP contribution in [0.15, 0.2) is 24.0 Å². The normalized spacial score (nSPS) is 21.9. The molecule has 0 saturated heterocycles. The van der Waals surface area contributed by atoms with Crippen molar-refractivity contribution in [2.45, 2.75) is 66.9 Å². The van der Waals surface area contributed by atoms with Gasteiger partial charge < -0.3 is 4.74 Å². The SMILES string of the molecule is CCC(CC(C)(C)C)C1C=CC(OC(C)C)=CC1. The fourth-order valence-electron chi connectivity index (χ4n) is 2.71. The molecule has 0 spiro atoms. The highest BCUT2D eigenvalue weighted by molar-refractivity contribution is 5.19. The summed E-state index contributed by atoms with van der Waals surface area (Å²) in [6.45, 7) is 13.5. The van der Waals surface area contributed by atoms with Gasteiger partial charge >= 0.3 is 0 Å². The lowest BCUT2D eigenvalue weighted by Gasteiger charge is -2.31. The molecule has 0 aromatic carbocycles. The van der Waals surface area contributed by atoms with Gasteiger partial charge in [0, 0.05) is 0 Å². The van der Waals surface area contributed by atoms with Gasteiger partial charge in [-0.3, -0.25) is 0 Å². The highest BCUT2D eigenvalue weighted by Gasteiger charge is 2.24. The highest BCUT2D eigenvalue weighted by Crippen LogP contribution is 2.35. The number of allylic oxidation sites excluding steroid dienone is 3. The summed E-state index contributed by atoms with van der Waals surface area (Å²) >= 11 is 0. The zero-order chi connectivity index (χ0) is 13.8. The topological polar surface area (TPSA) is 9.23 Å². The van der Waals surface area contributed by atoms with E-state index in [1.165, 1.54) is 12.8 Å². The molecular weight excluding hydrogens is 220 g/mol. The molecule has 2 unspecified atom stereocenters. The van der Waals surface area contributed by atoms with Crippen molar-refractivity contribution in [2.75, 3.05) is 0 Å². The molecule has 0 aromatic heterocycles. The molecule has 0 saturated carbocycles. The van der Waals surface area contributed by atoms with Gasteiger partial charge in [-0.2, -0.15) is 0 Å². The van der Waals surface area contributed by atoms with Crippen LogP contribution in [0, 0.1) is 17.3 Å². The molecule has 1 nitrogen and oxygen atoms in total. The average molecular weight is 250 g/mol. The molecule has 0 aliphatic heterocycles. The summed E-state index contributed by atoms with van der Waals surface area (Å²) in [5.41, 5.74) is 0.424. The lowest BCUT2D eigenvalue weighted by molar-refractivity contribution is 0.153. The molecule has 0 bridgehead atoms. The van der Waals surface area contributed by atoms with Gasteiger partial charge in [0.2, 0.25) is 0 Å². The second-order valence-electron chi connectivity index (χ2n) is 6.96. The Balaban J connectivity index is 2.56. The van der Waals surface area contributed by atoms with E-state index in [1.807, 2.05) is 0 Å².